The van der Waals surface area contributed by atoms with Crippen LogP contribution < -0.4 is 11.1 Å². The molecule has 0 spiro atoms. The highest BCUT2D eigenvalue weighted by molar-refractivity contribution is 5.88. The highest BCUT2D eigenvalue weighted by Gasteiger charge is 2.17. The Balaban J connectivity index is 2.83. The van der Waals surface area contributed by atoms with E-state index in [4.69, 9.17) is 5.73 Å². The summed E-state index contributed by atoms with van der Waals surface area (Å²) in [7, 11) is 0. The summed E-state index contributed by atoms with van der Waals surface area (Å²) >= 11 is 0. The molecule has 104 valence electrons. The van der Waals surface area contributed by atoms with E-state index in [9.17, 15) is 9.59 Å². The van der Waals surface area contributed by atoms with E-state index in [0.29, 0.717) is 24.9 Å². The van der Waals surface area contributed by atoms with Gasteiger partial charge in [-0.05, 0) is 37.5 Å². The predicted octanol–water partition coefficient (Wildman–Crippen LogP) is 2.71. The minimum absolute atomic E-state index is 0.130. The average molecular weight is 262 g/mol. The van der Waals surface area contributed by atoms with E-state index in [1.165, 1.54) is 0 Å². The highest BCUT2D eigenvalue weighted by atomic mass is 16.1. The Bertz CT molecular complexity index is 444. The monoisotopic (exact) mass is 262 g/mol. The van der Waals surface area contributed by atoms with Crippen molar-refractivity contribution in [1.29, 1.82) is 0 Å². The van der Waals surface area contributed by atoms with Crippen LogP contribution in [-0.2, 0) is 9.59 Å². The van der Waals surface area contributed by atoms with Crippen molar-refractivity contribution in [2.75, 3.05) is 11.1 Å². The van der Waals surface area contributed by atoms with E-state index < -0.39 is 0 Å². The highest BCUT2D eigenvalue weighted by Crippen LogP contribution is 2.22. The van der Waals surface area contributed by atoms with Crippen LogP contribution in [0.4, 0.5) is 11.4 Å². The molecule has 0 aliphatic rings. The van der Waals surface area contributed by atoms with Crippen LogP contribution in [0.2, 0.25) is 0 Å². The lowest BCUT2D eigenvalue weighted by Crippen LogP contribution is -2.30. The number of rotatable bonds is 8. The number of ketones is 1. The first-order valence-corrected chi connectivity index (χ1v) is 6.67. The standard InChI is InChI=1S/C15H22N2O2/c1-3-5-15(19)13(6-4-9-18)17-14-10-11(2)7-8-12(14)16/h7-10,13,17H,3-6,16H2,1-2H3. The van der Waals surface area contributed by atoms with Crippen LogP contribution in [0.5, 0.6) is 0 Å². The Labute approximate surface area is 114 Å². The van der Waals surface area contributed by atoms with Crippen molar-refractivity contribution in [3.05, 3.63) is 23.8 Å². The Morgan fingerprint density at radius 2 is 2.21 bits per heavy atom. The zero-order valence-corrected chi connectivity index (χ0v) is 11.6. The maximum Gasteiger partial charge on any atom is 0.155 e. The third-order valence-corrected chi connectivity index (χ3v) is 3.00. The molecule has 0 saturated carbocycles. The predicted molar refractivity (Wildman–Crippen MR) is 78.2 cm³/mol. The quantitative estimate of drug-likeness (QED) is 0.558. The van der Waals surface area contributed by atoms with E-state index >= 15 is 0 Å². The van der Waals surface area contributed by atoms with Gasteiger partial charge in [-0.25, -0.2) is 0 Å². The molecule has 0 bridgehead atoms. The molecule has 0 saturated heterocycles. The molecule has 1 unspecified atom stereocenters. The number of hydrogen-bond acceptors (Lipinski definition) is 4. The van der Waals surface area contributed by atoms with Crippen molar-refractivity contribution in [1.82, 2.24) is 0 Å². The van der Waals surface area contributed by atoms with Gasteiger partial charge >= 0.3 is 0 Å². The van der Waals surface area contributed by atoms with Gasteiger partial charge in [0, 0.05) is 12.8 Å². The summed E-state index contributed by atoms with van der Waals surface area (Å²) in [4.78, 5) is 22.5. The molecule has 3 N–H and O–H groups in total. The van der Waals surface area contributed by atoms with Gasteiger partial charge in [0.2, 0.25) is 0 Å². The fourth-order valence-electron chi connectivity index (χ4n) is 1.95. The first kappa shape index (κ1) is 15.2. The van der Waals surface area contributed by atoms with Gasteiger partial charge in [-0.1, -0.05) is 13.0 Å². The Morgan fingerprint density at radius 3 is 2.84 bits per heavy atom. The third-order valence-electron chi connectivity index (χ3n) is 3.00. The topological polar surface area (TPSA) is 72.2 Å². The molecule has 19 heavy (non-hydrogen) atoms. The number of nitrogen functional groups attached to an aromatic ring is 1. The molecule has 4 heteroatoms. The van der Waals surface area contributed by atoms with Gasteiger partial charge in [0.1, 0.15) is 6.29 Å². The summed E-state index contributed by atoms with van der Waals surface area (Å²) in [5.41, 5.74) is 8.36. The zero-order valence-electron chi connectivity index (χ0n) is 11.6. The fraction of sp³-hybridized carbons (Fsp3) is 0.467. The molecule has 4 nitrogen and oxygen atoms in total. The number of Topliss-reactive ketones (excluding diaryl/α,β-unsaturated/α-hetero) is 1. The number of nitrogens with two attached hydrogens (primary N) is 1. The lowest BCUT2D eigenvalue weighted by Gasteiger charge is -2.19. The van der Waals surface area contributed by atoms with Crippen LogP contribution in [0, 0.1) is 6.92 Å². The van der Waals surface area contributed by atoms with E-state index in [-0.39, 0.29) is 11.8 Å². The second kappa shape index (κ2) is 7.56. The molecule has 0 radical (unpaired) electrons. The third kappa shape index (κ3) is 4.73. The number of aldehydes is 1. The summed E-state index contributed by atoms with van der Waals surface area (Å²) in [6.07, 6.45) is 3.05. The largest absolute Gasteiger partial charge is 0.397 e. The molecular formula is C15H22N2O2. The van der Waals surface area contributed by atoms with Crippen molar-refractivity contribution in [2.24, 2.45) is 0 Å². The second-order valence-corrected chi connectivity index (χ2v) is 4.75. The molecule has 0 aliphatic heterocycles. The van der Waals surface area contributed by atoms with Gasteiger partial charge in [-0.3, -0.25) is 4.79 Å². The number of nitrogens with one attached hydrogen (secondary N) is 1. The minimum atomic E-state index is -0.339. The summed E-state index contributed by atoms with van der Waals surface area (Å²) in [5.74, 6) is 0.130. The fourth-order valence-corrected chi connectivity index (χ4v) is 1.95. The maximum absolute atomic E-state index is 12.0. The number of carbonyl (C=O) groups is 2. The molecule has 1 aromatic rings. The van der Waals surface area contributed by atoms with Crippen LogP contribution in [0.3, 0.4) is 0 Å². The molecule has 1 atom stereocenters. The first-order valence-electron chi connectivity index (χ1n) is 6.67. The van der Waals surface area contributed by atoms with Crippen molar-refractivity contribution in [2.45, 2.75) is 45.6 Å². The van der Waals surface area contributed by atoms with E-state index in [1.54, 1.807) is 0 Å². The average Bonchev–Trinajstić information content (AvgIpc) is 2.38. The lowest BCUT2D eigenvalue weighted by atomic mass is 10.0. The van der Waals surface area contributed by atoms with Gasteiger partial charge in [-0.2, -0.15) is 0 Å². The molecule has 0 fully saturated rings. The van der Waals surface area contributed by atoms with Crippen LogP contribution in [0.25, 0.3) is 0 Å². The second-order valence-electron chi connectivity index (χ2n) is 4.75. The van der Waals surface area contributed by atoms with Crippen LogP contribution in [0.1, 0.15) is 38.2 Å². The van der Waals surface area contributed by atoms with Crippen molar-refractivity contribution in [3.8, 4) is 0 Å². The van der Waals surface area contributed by atoms with Gasteiger partial charge < -0.3 is 15.8 Å². The number of benzene rings is 1. The van der Waals surface area contributed by atoms with Gasteiger partial charge in [-0.15, -0.1) is 0 Å². The van der Waals surface area contributed by atoms with Gasteiger partial charge in [0.05, 0.1) is 17.4 Å². The lowest BCUT2D eigenvalue weighted by molar-refractivity contribution is -0.120. The summed E-state index contributed by atoms with van der Waals surface area (Å²) in [6.45, 7) is 3.94. The van der Waals surface area contributed by atoms with E-state index in [0.717, 1.165) is 24.0 Å². The smallest absolute Gasteiger partial charge is 0.155 e. The molecule has 1 aromatic carbocycles. The van der Waals surface area contributed by atoms with Crippen molar-refractivity contribution in [3.63, 3.8) is 0 Å². The maximum atomic E-state index is 12.0. The van der Waals surface area contributed by atoms with E-state index in [2.05, 4.69) is 5.32 Å². The van der Waals surface area contributed by atoms with Gasteiger partial charge in [0.25, 0.3) is 0 Å². The SMILES string of the molecule is CCCC(=O)C(CCC=O)Nc1cc(C)ccc1N. The summed E-state index contributed by atoms with van der Waals surface area (Å²) < 4.78 is 0. The summed E-state index contributed by atoms with van der Waals surface area (Å²) in [6, 6.07) is 5.32. The number of aryl methyl sites for hydroxylation is 1. The van der Waals surface area contributed by atoms with Crippen LogP contribution in [0.15, 0.2) is 18.2 Å². The zero-order chi connectivity index (χ0) is 14.3. The number of anilines is 2. The van der Waals surface area contributed by atoms with Crippen molar-refractivity contribution < 1.29 is 9.59 Å². The minimum Gasteiger partial charge on any atom is -0.397 e. The molecule has 0 aromatic heterocycles. The molecule has 1 rings (SSSR count). The van der Waals surface area contributed by atoms with Crippen molar-refractivity contribution >= 4 is 23.4 Å². The Hall–Kier alpha value is -1.84. The molecule has 0 heterocycles. The molecule has 0 amide bonds. The number of hydrogen-bond donors (Lipinski definition) is 2. The van der Waals surface area contributed by atoms with Gasteiger partial charge in [0.15, 0.2) is 5.78 Å². The van der Waals surface area contributed by atoms with Crippen LogP contribution >= 0.6 is 0 Å². The van der Waals surface area contributed by atoms with E-state index in [1.807, 2.05) is 32.0 Å². The van der Waals surface area contributed by atoms with Crippen LogP contribution in [-0.4, -0.2) is 18.1 Å². The Morgan fingerprint density at radius 1 is 1.47 bits per heavy atom. The molecular weight excluding hydrogens is 240 g/mol. The summed E-state index contributed by atoms with van der Waals surface area (Å²) in [5, 5.41) is 3.17. The first-order chi connectivity index (χ1) is 9.08. The molecule has 0 aliphatic carbocycles. The normalized spacial score (nSPS) is 11.9. The number of carbonyl (C=O) groups excluding carboxylic acids is 2. The Kier molecular flexibility index (Phi) is 6.06.